The van der Waals surface area contributed by atoms with E-state index in [1.54, 1.807) is 0 Å². The van der Waals surface area contributed by atoms with Crippen LogP contribution >= 0.6 is 0 Å². The number of alkyl halides is 3. The van der Waals surface area contributed by atoms with Crippen LogP contribution in [-0.2, 0) is 6.54 Å². The first-order valence-corrected chi connectivity index (χ1v) is 3.33. The smallest absolute Gasteiger partial charge is 0.365 e. The minimum Gasteiger partial charge on any atom is -0.365 e. The molecule has 1 aromatic heterocycles. The van der Waals surface area contributed by atoms with Crippen molar-refractivity contribution in [3.05, 3.63) is 5.89 Å². The molecule has 1 rings (SSSR count). The fourth-order valence-corrected chi connectivity index (χ4v) is 0.651. The Bertz CT molecular complexity index is 271. The maximum absolute atomic E-state index is 11.6. The Morgan fingerprint density at radius 1 is 1.46 bits per heavy atom. The molecule has 0 atom stereocenters. The van der Waals surface area contributed by atoms with Gasteiger partial charge in [0.2, 0.25) is 5.89 Å². The highest BCUT2D eigenvalue weighted by Gasteiger charge is 2.26. The molecule has 0 aliphatic heterocycles. The molecule has 0 radical (unpaired) electrons. The number of anilines is 1. The van der Waals surface area contributed by atoms with E-state index in [9.17, 15) is 13.2 Å². The number of rotatable bonds is 3. The average Bonchev–Trinajstić information content (AvgIpc) is 2.33. The molecule has 3 N–H and O–H groups in total. The van der Waals surface area contributed by atoms with E-state index in [2.05, 4.69) is 20.0 Å². The van der Waals surface area contributed by atoms with E-state index in [4.69, 9.17) is 5.73 Å². The van der Waals surface area contributed by atoms with Gasteiger partial charge >= 0.3 is 6.18 Å². The van der Waals surface area contributed by atoms with Crippen molar-refractivity contribution in [1.82, 2.24) is 15.5 Å². The van der Waals surface area contributed by atoms with Crippen LogP contribution in [0.3, 0.4) is 0 Å². The summed E-state index contributed by atoms with van der Waals surface area (Å²) in [5.41, 5.74) is 5.07. The van der Waals surface area contributed by atoms with Crippen LogP contribution in [0.25, 0.3) is 0 Å². The second kappa shape index (κ2) is 3.60. The number of nitrogens with one attached hydrogen (secondary N) is 1. The van der Waals surface area contributed by atoms with Gasteiger partial charge in [-0.25, -0.2) is 0 Å². The Morgan fingerprint density at radius 2 is 2.15 bits per heavy atom. The topological polar surface area (TPSA) is 77.0 Å². The highest BCUT2D eigenvalue weighted by Crippen LogP contribution is 2.12. The highest BCUT2D eigenvalue weighted by atomic mass is 19.4. The van der Waals surface area contributed by atoms with E-state index in [0.717, 1.165) is 0 Å². The molecule has 0 saturated carbocycles. The minimum absolute atomic E-state index is 0.0294. The molecule has 5 nitrogen and oxygen atoms in total. The fraction of sp³-hybridized carbons (Fsp3) is 0.600. The zero-order valence-corrected chi connectivity index (χ0v) is 6.43. The Balaban J connectivity index is 2.28. The molecule has 0 unspecified atom stereocenters. The van der Waals surface area contributed by atoms with E-state index in [1.807, 2.05) is 0 Å². The largest absolute Gasteiger partial charge is 0.401 e. The van der Waals surface area contributed by atoms with Crippen LogP contribution in [0.4, 0.5) is 19.1 Å². The quantitative estimate of drug-likeness (QED) is 0.727. The molecule has 0 bridgehead atoms. The van der Waals surface area contributed by atoms with Crippen molar-refractivity contribution in [2.24, 2.45) is 0 Å². The molecule has 0 aromatic carbocycles. The van der Waals surface area contributed by atoms with Crippen LogP contribution in [0.15, 0.2) is 4.52 Å². The van der Waals surface area contributed by atoms with Crippen LogP contribution in [0, 0.1) is 0 Å². The third kappa shape index (κ3) is 3.74. The van der Waals surface area contributed by atoms with Gasteiger partial charge in [-0.1, -0.05) is 0 Å². The lowest BCUT2D eigenvalue weighted by Crippen LogP contribution is -2.28. The van der Waals surface area contributed by atoms with Gasteiger partial charge in [0, 0.05) is 0 Å². The van der Waals surface area contributed by atoms with Gasteiger partial charge < -0.3 is 15.6 Å². The van der Waals surface area contributed by atoms with Crippen molar-refractivity contribution < 1.29 is 17.7 Å². The van der Waals surface area contributed by atoms with Crippen molar-refractivity contribution >= 4 is 5.95 Å². The second-order valence-electron chi connectivity index (χ2n) is 2.27. The lowest BCUT2D eigenvalue weighted by Gasteiger charge is -2.04. The Labute approximate surface area is 71.1 Å². The van der Waals surface area contributed by atoms with Crippen LogP contribution in [0.2, 0.25) is 0 Å². The van der Waals surface area contributed by atoms with Gasteiger partial charge in [-0.3, -0.25) is 0 Å². The van der Waals surface area contributed by atoms with Gasteiger partial charge in [0.25, 0.3) is 5.95 Å². The number of nitrogen functional groups attached to an aromatic ring is 1. The normalized spacial score (nSPS) is 11.9. The average molecular weight is 196 g/mol. The van der Waals surface area contributed by atoms with E-state index in [-0.39, 0.29) is 18.4 Å². The van der Waals surface area contributed by atoms with E-state index < -0.39 is 12.7 Å². The predicted octanol–water partition coefficient (Wildman–Crippen LogP) is 0.304. The van der Waals surface area contributed by atoms with Crippen molar-refractivity contribution in [2.75, 3.05) is 12.3 Å². The molecule has 13 heavy (non-hydrogen) atoms. The van der Waals surface area contributed by atoms with Crippen LogP contribution in [0.5, 0.6) is 0 Å². The van der Waals surface area contributed by atoms with Crippen LogP contribution < -0.4 is 11.1 Å². The lowest BCUT2D eigenvalue weighted by molar-refractivity contribution is -0.125. The molecule has 1 heterocycles. The number of nitrogens with two attached hydrogens (primary N) is 1. The molecule has 0 aliphatic rings. The molecular weight excluding hydrogens is 189 g/mol. The summed E-state index contributed by atoms with van der Waals surface area (Å²) in [6.07, 6.45) is -4.24. The van der Waals surface area contributed by atoms with Crippen molar-refractivity contribution in [1.29, 1.82) is 0 Å². The zero-order valence-electron chi connectivity index (χ0n) is 6.43. The molecule has 8 heteroatoms. The Hall–Kier alpha value is -1.31. The van der Waals surface area contributed by atoms with Crippen molar-refractivity contribution in [3.8, 4) is 0 Å². The number of hydrogen-bond donors (Lipinski definition) is 2. The highest BCUT2D eigenvalue weighted by molar-refractivity contribution is 5.10. The summed E-state index contributed by atoms with van der Waals surface area (Å²) < 4.78 is 39.3. The minimum atomic E-state index is -4.24. The lowest BCUT2D eigenvalue weighted by atomic mass is 10.5. The molecule has 0 aliphatic carbocycles. The van der Waals surface area contributed by atoms with Gasteiger partial charge in [-0.15, -0.1) is 0 Å². The van der Waals surface area contributed by atoms with E-state index >= 15 is 0 Å². The third-order valence-corrected chi connectivity index (χ3v) is 1.09. The Kier molecular flexibility index (Phi) is 2.71. The summed E-state index contributed by atoms with van der Waals surface area (Å²) in [7, 11) is 0. The SMILES string of the molecule is Nc1noc(CNCC(F)(F)F)n1. The number of halogens is 3. The van der Waals surface area contributed by atoms with E-state index in [0.29, 0.717) is 0 Å². The zero-order chi connectivity index (χ0) is 9.90. The van der Waals surface area contributed by atoms with E-state index in [1.165, 1.54) is 0 Å². The number of nitrogens with zero attached hydrogens (tertiary/aromatic N) is 2. The van der Waals surface area contributed by atoms with Gasteiger partial charge in [-0.05, 0) is 5.16 Å². The summed E-state index contributed by atoms with van der Waals surface area (Å²) in [5.74, 6) is -0.0643. The molecule has 74 valence electrons. The summed E-state index contributed by atoms with van der Waals surface area (Å²) >= 11 is 0. The molecule has 0 amide bonds. The predicted molar refractivity (Wildman–Crippen MR) is 36.5 cm³/mol. The molecule has 0 fully saturated rings. The first-order valence-electron chi connectivity index (χ1n) is 3.33. The first kappa shape index (κ1) is 9.78. The summed E-state index contributed by atoms with van der Waals surface area (Å²) in [4.78, 5) is 3.50. The number of aromatic nitrogens is 2. The second-order valence-corrected chi connectivity index (χ2v) is 2.27. The van der Waals surface area contributed by atoms with Gasteiger partial charge in [0.1, 0.15) is 0 Å². The standard InChI is InChI=1S/C5H7F3N4O/c6-5(7,8)2-10-1-3-11-4(9)12-13-3/h10H,1-2H2,(H2,9,12). The molecule has 1 aromatic rings. The fourth-order valence-electron chi connectivity index (χ4n) is 0.651. The van der Waals surface area contributed by atoms with Gasteiger partial charge in [0.05, 0.1) is 13.1 Å². The third-order valence-electron chi connectivity index (χ3n) is 1.09. The van der Waals surface area contributed by atoms with Crippen LogP contribution in [0.1, 0.15) is 5.89 Å². The van der Waals surface area contributed by atoms with Crippen molar-refractivity contribution in [3.63, 3.8) is 0 Å². The van der Waals surface area contributed by atoms with Crippen LogP contribution in [-0.4, -0.2) is 22.9 Å². The molecular formula is C5H7F3N4O. The maximum Gasteiger partial charge on any atom is 0.401 e. The molecule has 0 spiro atoms. The van der Waals surface area contributed by atoms with Gasteiger partial charge in [-0.2, -0.15) is 18.2 Å². The van der Waals surface area contributed by atoms with Crippen molar-refractivity contribution in [2.45, 2.75) is 12.7 Å². The summed E-state index contributed by atoms with van der Waals surface area (Å²) in [5, 5.41) is 5.28. The maximum atomic E-state index is 11.6. The van der Waals surface area contributed by atoms with Gasteiger partial charge in [0.15, 0.2) is 0 Å². The number of hydrogen-bond acceptors (Lipinski definition) is 5. The summed E-state index contributed by atoms with van der Waals surface area (Å²) in [6.45, 7) is -1.25. The monoisotopic (exact) mass is 196 g/mol. The summed E-state index contributed by atoms with van der Waals surface area (Å²) in [6, 6.07) is 0. The first-order chi connectivity index (χ1) is 5.97. The molecule has 0 saturated heterocycles. The Morgan fingerprint density at radius 3 is 2.62 bits per heavy atom.